The number of nitrogens with zero attached hydrogens (tertiary/aromatic N) is 5. The minimum absolute atomic E-state index is 0.297. The van der Waals surface area contributed by atoms with Crippen molar-refractivity contribution >= 4 is 11.5 Å². The monoisotopic (exact) mass is 305 g/mol. The van der Waals surface area contributed by atoms with Crippen molar-refractivity contribution in [3.63, 3.8) is 0 Å². The maximum absolute atomic E-state index is 9.35. The van der Waals surface area contributed by atoms with E-state index in [0.29, 0.717) is 23.2 Å². The molecule has 0 saturated carbocycles. The van der Waals surface area contributed by atoms with Crippen LogP contribution in [0, 0.1) is 11.3 Å². The van der Waals surface area contributed by atoms with Crippen LogP contribution in [0.5, 0.6) is 0 Å². The lowest BCUT2D eigenvalue weighted by molar-refractivity contribution is 0.786. The molecular weight excluding hydrogens is 290 g/mol. The molecule has 4 heterocycles. The first-order valence-electron chi connectivity index (χ1n) is 7.52. The maximum Gasteiger partial charge on any atom is 0.168 e. The molecule has 4 rings (SSSR count). The SMILES string of the molecule is N#Cc1ncc(NC2CCNC2)nc1-c1cnc2ccccn12. The van der Waals surface area contributed by atoms with Crippen LogP contribution in [-0.2, 0) is 0 Å². The molecular formula is C16H15N7. The van der Waals surface area contributed by atoms with Gasteiger partial charge in [-0.2, -0.15) is 5.26 Å². The Labute approximate surface area is 133 Å². The molecule has 1 saturated heterocycles. The molecule has 1 aliphatic rings. The molecule has 0 aliphatic carbocycles. The zero-order valence-corrected chi connectivity index (χ0v) is 12.4. The van der Waals surface area contributed by atoms with Crippen LogP contribution < -0.4 is 10.6 Å². The second-order valence-electron chi connectivity index (χ2n) is 5.47. The molecule has 0 aromatic carbocycles. The first-order valence-corrected chi connectivity index (χ1v) is 7.52. The normalized spacial score (nSPS) is 17.3. The van der Waals surface area contributed by atoms with Gasteiger partial charge >= 0.3 is 0 Å². The van der Waals surface area contributed by atoms with E-state index < -0.39 is 0 Å². The summed E-state index contributed by atoms with van der Waals surface area (Å²) >= 11 is 0. The van der Waals surface area contributed by atoms with E-state index in [1.807, 2.05) is 28.8 Å². The first kappa shape index (κ1) is 13.7. The second-order valence-corrected chi connectivity index (χ2v) is 5.47. The van der Waals surface area contributed by atoms with Crippen molar-refractivity contribution in [3.05, 3.63) is 42.5 Å². The molecule has 1 aliphatic heterocycles. The van der Waals surface area contributed by atoms with E-state index in [4.69, 9.17) is 0 Å². The highest BCUT2D eigenvalue weighted by molar-refractivity contribution is 5.66. The van der Waals surface area contributed by atoms with Gasteiger partial charge in [0.15, 0.2) is 5.69 Å². The summed E-state index contributed by atoms with van der Waals surface area (Å²) in [6, 6.07) is 8.21. The van der Waals surface area contributed by atoms with Gasteiger partial charge in [0.05, 0.1) is 18.1 Å². The minimum Gasteiger partial charge on any atom is -0.365 e. The molecule has 1 fully saturated rings. The van der Waals surface area contributed by atoms with Crippen molar-refractivity contribution in [2.45, 2.75) is 12.5 Å². The van der Waals surface area contributed by atoms with Crippen LogP contribution in [-0.4, -0.2) is 38.5 Å². The molecule has 114 valence electrons. The Morgan fingerprint density at radius 3 is 3.09 bits per heavy atom. The molecule has 7 heteroatoms. The van der Waals surface area contributed by atoms with Gasteiger partial charge in [-0.1, -0.05) is 6.07 Å². The molecule has 1 atom stereocenters. The van der Waals surface area contributed by atoms with E-state index in [0.717, 1.165) is 30.9 Å². The van der Waals surface area contributed by atoms with Crippen LogP contribution >= 0.6 is 0 Å². The smallest absolute Gasteiger partial charge is 0.168 e. The van der Waals surface area contributed by atoms with Crippen LogP contribution in [0.25, 0.3) is 17.0 Å². The first-order chi connectivity index (χ1) is 11.3. The molecule has 0 radical (unpaired) electrons. The van der Waals surface area contributed by atoms with E-state index in [9.17, 15) is 5.26 Å². The summed E-state index contributed by atoms with van der Waals surface area (Å²) < 4.78 is 1.91. The number of pyridine rings is 1. The number of rotatable bonds is 3. The minimum atomic E-state index is 0.297. The average Bonchev–Trinajstić information content (AvgIpc) is 3.24. The molecule has 2 N–H and O–H groups in total. The number of fused-ring (bicyclic) bond motifs is 1. The van der Waals surface area contributed by atoms with E-state index in [-0.39, 0.29) is 0 Å². The lowest BCUT2D eigenvalue weighted by atomic mass is 10.2. The highest BCUT2D eigenvalue weighted by atomic mass is 15.1. The predicted octanol–water partition coefficient (Wildman–Crippen LogP) is 1.44. The summed E-state index contributed by atoms with van der Waals surface area (Å²) in [6.07, 6.45) is 6.29. The van der Waals surface area contributed by atoms with Crippen molar-refractivity contribution in [3.8, 4) is 17.5 Å². The van der Waals surface area contributed by atoms with Gasteiger partial charge in [0.2, 0.25) is 0 Å². The fourth-order valence-corrected chi connectivity index (χ4v) is 2.81. The molecule has 23 heavy (non-hydrogen) atoms. The van der Waals surface area contributed by atoms with Crippen molar-refractivity contribution in [1.29, 1.82) is 5.26 Å². The third-order valence-electron chi connectivity index (χ3n) is 3.95. The number of hydrogen-bond donors (Lipinski definition) is 2. The van der Waals surface area contributed by atoms with Crippen molar-refractivity contribution in [1.82, 2.24) is 24.7 Å². The van der Waals surface area contributed by atoms with Gasteiger partial charge in [0.1, 0.15) is 23.2 Å². The molecule has 3 aromatic heterocycles. The Morgan fingerprint density at radius 2 is 2.26 bits per heavy atom. The summed E-state index contributed by atoms with van der Waals surface area (Å²) in [7, 11) is 0. The average molecular weight is 305 g/mol. The van der Waals surface area contributed by atoms with Crippen LogP contribution in [0.2, 0.25) is 0 Å². The van der Waals surface area contributed by atoms with Gasteiger partial charge in [-0.25, -0.2) is 15.0 Å². The van der Waals surface area contributed by atoms with E-state index in [2.05, 4.69) is 31.7 Å². The maximum atomic E-state index is 9.35. The van der Waals surface area contributed by atoms with Gasteiger partial charge in [-0.3, -0.25) is 4.40 Å². The van der Waals surface area contributed by atoms with E-state index in [1.165, 1.54) is 0 Å². The van der Waals surface area contributed by atoms with Crippen molar-refractivity contribution < 1.29 is 0 Å². The highest BCUT2D eigenvalue weighted by Gasteiger charge is 2.18. The van der Waals surface area contributed by atoms with Crippen LogP contribution in [0.1, 0.15) is 12.1 Å². The zero-order chi connectivity index (χ0) is 15.6. The molecule has 0 amide bonds. The Hall–Kier alpha value is -2.98. The number of nitriles is 1. The fourth-order valence-electron chi connectivity index (χ4n) is 2.81. The number of hydrogen-bond acceptors (Lipinski definition) is 6. The Morgan fingerprint density at radius 1 is 1.30 bits per heavy atom. The lowest BCUT2D eigenvalue weighted by Crippen LogP contribution is -2.23. The summed E-state index contributed by atoms with van der Waals surface area (Å²) in [5, 5.41) is 16.0. The number of imidazole rings is 1. The Kier molecular flexibility index (Phi) is 3.37. The number of aromatic nitrogens is 4. The fraction of sp³-hybridized carbons (Fsp3) is 0.250. The number of anilines is 1. The van der Waals surface area contributed by atoms with Crippen LogP contribution in [0.3, 0.4) is 0 Å². The topological polar surface area (TPSA) is 90.9 Å². The zero-order valence-electron chi connectivity index (χ0n) is 12.4. The molecule has 3 aromatic rings. The third kappa shape index (κ3) is 2.49. The standard InChI is InChI=1S/C16H15N7/c17-7-12-16(13-9-20-15-3-1-2-6-23(13)15)22-14(10-19-12)21-11-4-5-18-8-11/h1-3,6,9-11,18H,4-5,8H2,(H,21,22). The van der Waals surface area contributed by atoms with Crippen molar-refractivity contribution in [2.75, 3.05) is 18.4 Å². The summed E-state index contributed by atoms with van der Waals surface area (Å²) in [4.78, 5) is 13.2. The third-order valence-corrected chi connectivity index (χ3v) is 3.95. The van der Waals surface area contributed by atoms with Crippen LogP contribution in [0.15, 0.2) is 36.8 Å². The predicted molar refractivity (Wildman–Crippen MR) is 85.8 cm³/mol. The molecule has 0 spiro atoms. The van der Waals surface area contributed by atoms with Gasteiger partial charge < -0.3 is 10.6 Å². The van der Waals surface area contributed by atoms with Gasteiger partial charge in [0.25, 0.3) is 0 Å². The van der Waals surface area contributed by atoms with Gasteiger partial charge in [-0.05, 0) is 25.1 Å². The summed E-state index contributed by atoms with van der Waals surface area (Å²) in [6.45, 7) is 1.91. The summed E-state index contributed by atoms with van der Waals surface area (Å²) in [5.41, 5.74) is 2.41. The molecule has 0 bridgehead atoms. The lowest BCUT2D eigenvalue weighted by Gasteiger charge is -2.13. The quantitative estimate of drug-likeness (QED) is 0.761. The largest absolute Gasteiger partial charge is 0.365 e. The van der Waals surface area contributed by atoms with Crippen molar-refractivity contribution in [2.24, 2.45) is 0 Å². The van der Waals surface area contributed by atoms with E-state index in [1.54, 1.807) is 12.4 Å². The Balaban J connectivity index is 1.78. The Bertz CT molecular complexity index is 887. The number of nitrogens with one attached hydrogen (secondary N) is 2. The molecule has 7 nitrogen and oxygen atoms in total. The van der Waals surface area contributed by atoms with E-state index >= 15 is 0 Å². The second kappa shape index (κ2) is 5.66. The van der Waals surface area contributed by atoms with Crippen LogP contribution in [0.4, 0.5) is 5.82 Å². The highest BCUT2D eigenvalue weighted by Crippen LogP contribution is 2.23. The molecule has 1 unspecified atom stereocenters. The van der Waals surface area contributed by atoms with Gasteiger partial charge in [-0.15, -0.1) is 0 Å². The summed E-state index contributed by atoms with van der Waals surface area (Å²) in [5.74, 6) is 0.679. The van der Waals surface area contributed by atoms with Gasteiger partial charge in [0, 0.05) is 18.8 Å².